The molecule has 74 heavy (non-hydrogen) atoms. The van der Waals surface area contributed by atoms with E-state index < -0.39 is 66.2 Å². The molecule has 2 fully saturated rings. The van der Waals surface area contributed by atoms with Crippen molar-refractivity contribution in [3.05, 3.63) is 178 Å². The third-order valence-electron chi connectivity index (χ3n) is 12.6. The number of nitriles is 1. The van der Waals surface area contributed by atoms with Gasteiger partial charge in [0.15, 0.2) is 6.23 Å². The number of hydrogen-bond acceptors (Lipinski definition) is 14. The molecular weight excluding hydrogens is 959 g/mol. The number of carbonyl (C=O) groups is 3. The number of cyclic esters (lactones) is 1. The number of esters is 2. The zero-order valence-electron chi connectivity index (χ0n) is 42.6. The number of hydrogen-bond donors (Lipinski definition) is 0. The van der Waals surface area contributed by atoms with Gasteiger partial charge in [0.25, 0.3) is 0 Å². The number of nitrogens with zero attached hydrogens (tertiary/aromatic N) is 3. The highest BCUT2D eigenvalue weighted by atomic mass is 32.1. The first-order chi connectivity index (χ1) is 35.7. The lowest BCUT2D eigenvalue weighted by molar-refractivity contribution is -0.272. The third kappa shape index (κ3) is 13.6. The highest BCUT2D eigenvalue weighted by molar-refractivity contribution is 7.17. The van der Waals surface area contributed by atoms with Gasteiger partial charge in [0.05, 0.1) is 48.7 Å². The second-order valence-corrected chi connectivity index (χ2v) is 20.9. The Morgan fingerprint density at radius 2 is 1.26 bits per heavy atom. The van der Waals surface area contributed by atoms with E-state index in [1.807, 2.05) is 162 Å². The molecule has 8 rings (SSSR count). The molecule has 5 aromatic carbocycles. The predicted octanol–water partition coefficient (Wildman–Crippen LogP) is 11.0. The van der Waals surface area contributed by atoms with Crippen molar-refractivity contribution in [3.8, 4) is 22.3 Å². The number of benzene rings is 5. The molecule has 0 N–H and O–H groups in total. The average molecular weight is 1020 g/mol. The van der Waals surface area contributed by atoms with Crippen molar-refractivity contribution in [1.82, 2.24) is 9.88 Å². The number of aryl methyl sites for hydroxylation is 1. The van der Waals surface area contributed by atoms with Crippen molar-refractivity contribution in [3.63, 3.8) is 0 Å². The summed E-state index contributed by atoms with van der Waals surface area (Å²) in [4.78, 5) is 49.5. The Balaban J connectivity index is 1.14. The van der Waals surface area contributed by atoms with Crippen molar-refractivity contribution >= 4 is 29.4 Å². The number of amides is 1. The molecule has 14 nitrogen and oxygen atoms in total. The minimum absolute atomic E-state index is 0.0271. The Bertz CT molecular complexity index is 2830. The van der Waals surface area contributed by atoms with Crippen LogP contribution in [0.25, 0.3) is 10.4 Å². The first-order valence-corrected chi connectivity index (χ1v) is 25.7. The molecule has 1 amide bonds. The van der Waals surface area contributed by atoms with Crippen molar-refractivity contribution < 1.29 is 52.3 Å². The zero-order valence-corrected chi connectivity index (χ0v) is 43.4. The van der Waals surface area contributed by atoms with Gasteiger partial charge in [-0.1, -0.05) is 156 Å². The summed E-state index contributed by atoms with van der Waals surface area (Å²) in [6, 6.07) is 44.7. The Morgan fingerprint density at radius 1 is 0.730 bits per heavy atom. The fourth-order valence-corrected chi connectivity index (χ4v) is 9.84. The van der Waals surface area contributed by atoms with Gasteiger partial charge in [-0.15, -0.1) is 11.3 Å². The fraction of sp³-hybridized carbons (Fsp3) is 0.373. The molecule has 0 aliphatic carbocycles. The van der Waals surface area contributed by atoms with E-state index in [0.29, 0.717) is 34.1 Å². The highest BCUT2D eigenvalue weighted by Gasteiger charge is 2.55. The van der Waals surface area contributed by atoms with E-state index in [9.17, 15) is 19.6 Å². The molecule has 0 spiro atoms. The standard InChI is InChI=1S/C59H63N3O11S/c1-38(2)32-66-47-28-27-44(29-45(47)31-60)53-39(3)61-54(74-53)56(64)70-37-49-51(68-34-41-21-13-8-14-22-41)52(69-35-42-23-15-9-16-24-42)50(67-33-40-19-11-7-12-20-40)48(72-49)30-46-55(63)73-57(59(4,5)6)62(46)58(65)71-36-43-25-17-10-18-26-43/h7-29,38,46,48-52,57H,30,32-37H2,1-6H3/t46-,48-,49+,50+,51+,52+,57-/m0/s1. The lowest BCUT2D eigenvalue weighted by Gasteiger charge is -2.47. The topological polar surface area (TPSA) is 165 Å². The van der Waals surface area contributed by atoms with E-state index in [2.05, 4.69) is 11.1 Å². The van der Waals surface area contributed by atoms with Crippen LogP contribution in [0.2, 0.25) is 0 Å². The molecule has 0 radical (unpaired) electrons. The molecule has 1 aromatic heterocycles. The summed E-state index contributed by atoms with van der Waals surface area (Å²) in [5, 5.41) is 10.1. The van der Waals surface area contributed by atoms with Gasteiger partial charge in [0.1, 0.15) is 55.5 Å². The average Bonchev–Trinajstić information content (AvgIpc) is 3.97. The van der Waals surface area contributed by atoms with Gasteiger partial charge in [0.2, 0.25) is 5.01 Å². The monoisotopic (exact) mass is 1020 g/mol. The summed E-state index contributed by atoms with van der Waals surface area (Å²) in [5.41, 5.74) is 4.36. The third-order valence-corrected chi connectivity index (χ3v) is 13.8. The van der Waals surface area contributed by atoms with Crippen LogP contribution in [0.1, 0.15) is 84.4 Å². The lowest BCUT2D eigenvalue weighted by Crippen LogP contribution is -2.62. The molecule has 15 heteroatoms. The zero-order chi connectivity index (χ0) is 52.2. The van der Waals surface area contributed by atoms with Crippen molar-refractivity contribution in [2.24, 2.45) is 11.3 Å². The molecular formula is C59H63N3O11S. The van der Waals surface area contributed by atoms with Gasteiger partial charge in [-0.2, -0.15) is 5.26 Å². The van der Waals surface area contributed by atoms with E-state index in [1.54, 1.807) is 19.1 Å². The summed E-state index contributed by atoms with van der Waals surface area (Å²) in [6.45, 7) is 12.1. The van der Waals surface area contributed by atoms with Gasteiger partial charge >= 0.3 is 18.0 Å². The molecule has 386 valence electrons. The summed E-state index contributed by atoms with van der Waals surface area (Å²) in [5.74, 6) is -0.578. The normalized spacial score (nSPS) is 20.7. The molecule has 2 aliphatic heterocycles. The highest BCUT2D eigenvalue weighted by Crippen LogP contribution is 2.39. The van der Waals surface area contributed by atoms with Gasteiger partial charge in [0, 0.05) is 11.8 Å². The molecule has 0 unspecified atom stereocenters. The smallest absolute Gasteiger partial charge is 0.413 e. The van der Waals surface area contributed by atoms with Crippen LogP contribution in [-0.4, -0.2) is 83.9 Å². The SMILES string of the molecule is Cc1nc(C(=O)OC[C@H]2O[C@@H](C[C@H]3C(=O)O[C@@H](C(C)(C)C)N3C(=O)OCc3ccccc3)[C@@H](OCc3ccccc3)[C@@H](OCc3ccccc3)[C@@H]2OCc2ccccc2)sc1-c1ccc(OCC(C)C)c(C#N)c1. The molecule has 7 atom stereocenters. The maximum atomic E-state index is 14.3. The van der Waals surface area contributed by atoms with Crippen molar-refractivity contribution in [2.75, 3.05) is 13.2 Å². The minimum atomic E-state index is -1.18. The lowest BCUT2D eigenvalue weighted by atomic mass is 9.89. The maximum absolute atomic E-state index is 14.3. The van der Waals surface area contributed by atoms with Crippen molar-refractivity contribution in [2.45, 2.75) is 117 Å². The Hall–Kier alpha value is -6.93. The van der Waals surface area contributed by atoms with Crippen molar-refractivity contribution in [1.29, 1.82) is 5.26 Å². The number of aromatic nitrogens is 1. The van der Waals surface area contributed by atoms with Crippen LogP contribution in [0.3, 0.4) is 0 Å². The Labute approximate surface area is 437 Å². The second-order valence-electron chi connectivity index (χ2n) is 19.9. The number of rotatable bonds is 20. The minimum Gasteiger partial charge on any atom is -0.492 e. The molecule has 0 saturated carbocycles. The predicted molar refractivity (Wildman–Crippen MR) is 278 cm³/mol. The van der Waals surface area contributed by atoms with Gasteiger partial charge in [-0.05, 0) is 58.9 Å². The van der Waals surface area contributed by atoms with Gasteiger partial charge in [-0.3, -0.25) is 4.90 Å². The molecule has 0 bridgehead atoms. The summed E-state index contributed by atoms with van der Waals surface area (Å²) in [6.07, 6.45) is -6.52. The second kappa shape index (κ2) is 24.9. The van der Waals surface area contributed by atoms with Crippen LogP contribution in [0.4, 0.5) is 4.79 Å². The van der Waals surface area contributed by atoms with Crippen LogP contribution < -0.4 is 4.74 Å². The first-order valence-electron chi connectivity index (χ1n) is 24.9. The summed E-state index contributed by atoms with van der Waals surface area (Å²) >= 11 is 1.15. The van der Waals surface area contributed by atoms with Crippen LogP contribution in [0.15, 0.2) is 140 Å². The van der Waals surface area contributed by atoms with Gasteiger partial charge in [-0.25, -0.2) is 19.4 Å². The molecule has 6 aromatic rings. The Kier molecular flexibility index (Phi) is 17.9. The first kappa shape index (κ1) is 53.4. The quantitative estimate of drug-likeness (QED) is 0.0524. The van der Waals surface area contributed by atoms with Gasteiger partial charge < -0.3 is 37.9 Å². The molecule has 2 aliphatic rings. The van der Waals surface area contributed by atoms with E-state index in [0.717, 1.165) is 33.6 Å². The Morgan fingerprint density at radius 3 is 1.78 bits per heavy atom. The number of thiazole rings is 1. The summed E-state index contributed by atoms with van der Waals surface area (Å²) in [7, 11) is 0. The maximum Gasteiger partial charge on any atom is 0.413 e. The fourth-order valence-electron chi connectivity index (χ4n) is 8.88. The van der Waals surface area contributed by atoms with E-state index in [1.165, 1.54) is 4.90 Å². The molecule has 2 saturated heterocycles. The van der Waals surface area contributed by atoms with E-state index >= 15 is 0 Å². The summed E-state index contributed by atoms with van der Waals surface area (Å²) < 4.78 is 51.7. The van der Waals surface area contributed by atoms with Crippen LogP contribution in [0, 0.1) is 29.6 Å². The molecule has 3 heterocycles. The number of ether oxygens (including phenoxy) is 8. The van der Waals surface area contributed by atoms with E-state index in [-0.39, 0.29) is 50.4 Å². The van der Waals surface area contributed by atoms with Crippen LogP contribution >= 0.6 is 11.3 Å². The largest absolute Gasteiger partial charge is 0.492 e. The number of carbonyl (C=O) groups excluding carboxylic acids is 3. The van der Waals surface area contributed by atoms with E-state index in [4.69, 9.17) is 37.9 Å². The van der Waals surface area contributed by atoms with Crippen LogP contribution in [0.5, 0.6) is 5.75 Å². The van der Waals surface area contributed by atoms with Crippen LogP contribution in [-0.2, 0) is 64.4 Å².